The van der Waals surface area contributed by atoms with E-state index in [0.717, 1.165) is 11.1 Å². The van der Waals surface area contributed by atoms with Crippen molar-refractivity contribution in [1.82, 2.24) is 0 Å². The number of hydrogen-bond acceptors (Lipinski definition) is 2. The van der Waals surface area contributed by atoms with Crippen LogP contribution < -0.4 is 0 Å². The van der Waals surface area contributed by atoms with Crippen LogP contribution in [0.15, 0.2) is 43.2 Å². The largest absolute Gasteiger partial charge is 0.495 e. The van der Waals surface area contributed by atoms with Crippen molar-refractivity contribution in [3.63, 3.8) is 0 Å². The maximum Gasteiger partial charge on any atom is 0.411 e. The summed E-state index contributed by atoms with van der Waals surface area (Å²) in [6.45, 7) is 9.37. The van der Waals surface area contributed by atoms with Gasteiger partial charge in [0.1, 0.15) is 12.2 Å². The van der Waals surface area contributed by atoms with Crippen LogP contribution in [-0.2, 0) is 15.9 Å². The van der Waals surface area contributed by atoms with Crippen molar-refractivity contribution in [2.45, 2.75) is 51.5 Å². The molecule has 0 spiro atoms. The monoisotopic (exact) mass is 342 g/mol. The van der Waals surface area contributed by atoms with Crippen molar-refractivity contribution < 1.29 is 22.6 Å². The second-order valence-electron chi connectivity index (χ2n) is 6.81. The minimum absolute atomic E-state index is 0.494. The number of benzene rings is 1. The second-order valence-corrected chi connectivity index (χ2v) is 6.81. The first kappa shape index (κ1) is 20.3. The van der Waals surface area contributed by atoms with E-state index in [4.69, 9.17) is 9.47 Å². The molecule has 5 heteroatoms. The van der Waals surface area contributed by atoms with E-state index in [0.29, 0.717) is 6.42 Å². The summed E-state index contributed by atoms with van der Waals surface area (Å²) in [7, 11) is 0. The predicted octanol–water partition coefficient (Wildman–Crippen LogP) is 5.54. The number of hydrogen-bond donors (Lipinski definition) is 0. The summed E-state index contributed by atoms with van der Waals surface area (Å²) >= 11 is 0. The third-order valence-electron chi connectivity index (χ3n) is 3.31. The van der Waals surface area contributed by atoms with E-state index >= 15 is 0 Å². The Morgan fingerprint density at radius 3 is 2.12 bits per heavy atom. The minimum atomic E-state index is -4.34. The highest BCUT2D eigenvalue weighted by Crippen LogP contribution is 2.22. The standard InChI is InChI=1S/C19H25F3O2/c1-6-15-7-9-16(10-8-15)13-18(4,5)23-12-11-17(2,3)24-14-19(20,21)22/h6-12H,1,13-14H2,2-5H3/b12-11+. The fraction of sp³-hybridized carbons (Fsp3) is 0.474. The molecule has 24 heavy (non-hydrogen) atoms. The molecule has 0 unspecified atom stereocenters. The molecule has 134 valence electrons. The molecule has 2 nitrogen and oxygen atoms in total. The highest BCUT2D eigenvalue weighted by Gasteiger charge is 2.31. The summed E-state index contributed by atoms with van der Waals surface area (Å²) in [5.41, 5.74) is 0.594. The smallest absolute Gasteiger partial charge is 0.411 e. The predicted molar refractivity (Wildman–Crippen MR) is 90.6 cm³/mol. The Bertz CT molecular complexity index is 555. The van der Waals surface area contributed by atoms with Gasteiger partial charge in [-0.25, -0.2) is 0 Å². The van der Waals surface area contributed by atoms with E-state index in [1.807, 2.05) is 38.1 Å². The van der Waals surface area contributed by atoms with Gasteiger partial charge in [0.15, 0.2) is 0 Å². The molecule has 0 aromatic heterocycles. The first-order valence-electron chi connectivity index (χ1n) is 7.70. The summed E-state index contributed by atoms with van der Waals surface area (Å²) < 4.78 is 47.2. The van der Waals surface area contributed by atoms with Gasteiger partial charge in [0.2, 0.25) is 0 Å². The SMILES string of the molecule is C=Cc1ccc(CC(C)(C)O/C=C/C(C)(C)OCC(F)(F)F)cc1. The molecule has 0 aliphatic heterocycles. The Morgan fingerprint density at radius 2 is 1.62 bits per heavy atom. The summed E-state index contributed by atoms with van der Waals surface area (Å²) in [5, 5.41) is 0. The Labute approximate surface area is 142 Å². The molecule has 0 saturated heterocycles. The van der Waals surface area contributed by atoms with Gasteiger partial charge in [-0.3, -0.25) is 0 Å². The Morgan fingerprint density at radius 1 is 1.04 bits per heavy atom. The van der Waals surface area contributed by atoms with E-state index in [1.165, 1.54) is 12.3 Å². The van der Waals surface area contributed by atoms with Crippen LogP contribution in [0.25, 0.3) is 6.08 Å². The zero-order valence-electron chi connectivity index (χ0n) is 14.6. The van der Waals surface area contributed by atoms with Gasteiger partial charge in [0.25, 0.3) is 0 Å². The molecule has 0 radical (unpaired) electrons. The molecular weight excluding hydrogens is 317 g/mol. The van der Waals surface area contributed by atoms with E-state index < -0.39 is 24.0 Å². The molecule has 0 N–H and O–H groups in total. The van der Waals surface area contributed by atoms with Gasteiger partial charge >= 0.3 is 6.18 Å². The number of alkyl halides is 3. The van der Waals surface area contributed by atoms with Gasteiger partial charge in [-0.15, -0.1) is 0 Å². The number of halogens is 3. The zero-order valence-corrected chi connectivity index (χ0v) is 14.6. The molecule has 0 aliphatic rings. The van der Waals surface area contributed by atoms with Crippen LogP contribution in [0.5, 0.6) is 0 Å². The molecule has 0 bridgehead atoms. The van der Waals surface area contributed by atoms with E-state index in [2.05, 4.69) is 6.58 Å². The van der Waals surface area contributed by atoms with Crippen molar-refractivity contribution in [3.8, 4) is 0 Å². The summed E-state index contributed by atoms with van der Waals surface area (Å²) in [5.74, 6) is 0. The Kier molecular flexibility index (Phi) is 6.67. The summed E-state index contributed by atoms with van der Waals surface area (Å²) in [6, 6.07) is 7.95. The molecule has 0 amide bonds. The van der Waals surface area contributed by atoms with Crippen molar-refractivity contribution in [1.29, 1.82) is 0 Å². The lowest BCUT2D eigenvalue weighted by Gasteiger charge is -2.26. The maximum absolute atomic E-state index is 12.2. The maximum atomic E-state index is 12.2. The summed E-state index contributed by atoms with van der Waals surface area (Å²) in [4.78, 5) is 0. The van der Waals surface area contributed by atoms with Gasteiger partial charge in [0, 0.05) is 6.42 Å². The normalized spacial score (nSPS) is 13.3. The molecule has 1 aromatic rings. The topological polar surface area (TPSA) is 18.5 Å². The lowest BCUT2D eigenvalue weighted by atomic mass is 9.97. The number of rotatable bonds is 8. The first-order valence-corrected chi connectivity index (χ1v) is 7.70. The van der Waals surface area contributed by atoms with Gasteiger partial charge in [-0.1, -0.05) is 36.9 Å². The molecule has 1 rings (SSSR count). The average molecular weight is 342 g/mol. The highest BCUT2D eigenvalue weighted by atomic mass is 19.4. The van der Waals surface area contributed by atoms with Crippen LogP contribution in [-0.4, -0.2) is 24.0 Å². The van der Waals surface area contributed by atoms with Crippen molar-refractivity contribution in [2.24, 2.45) is 0 Å². The third kappa shape index (κ3) is 8.20. The van der Waals surface area contributed by atoms with Gasteiger partial charge in [-0.05, 0) is 44.9 Å². The van der Waals surface area contributed by atoms with Crippen LogP contribution in [0.4, 0.5) is 13.2 Å². The Hall–Kier alpha value is -1.75. The van der Waals surface area contributed by atoms with Crippen molar-refractivity contribution in [2.75, 3.05) is 6.61 Å². The van der Waals surface area contributed by atoms with Crippen LogP contribution in [0.1, 0.15) is 38.8 Å². The lowest BCUT2D eigenvalue weighted by molar-refractivity contribution is -0.192. The fourth-order valence-corrected chi connectivity index (χ4v) is 2.00. The molecule has 0 heterocycles. The molecule has 0 saturated carbocycles. The lowest BCUT2D eigenvalue weighted by Crippen LogP contribution is -2.29. The third-order valence-corrected chi connectivity index (χ3v) is 3.31. The van der Waals surface area contributed by atoms with Crippen LogP contribution >= 0.6 is 0 Å². The average Bonchev–Trinajstić information content (AvgIpc) is 2.44. The molecule has 0 fully saturated rings. The van der Waals surface area contributed by atoms with Crippen molar-refractivity contribution >= 4 is 6.08 Å². The van der Waals surface area contributed by atoms with Gasteiger partial charge in [0.05, 0.1) is 11.9 Å². The zero-order chi connectivity index (χ0) is 18.4. The van der Waals surface area contributed by atoms with Crippen LogP contribution in [0.2, 0.25) is 0 Å². The molecule has 1 aromatic carbocycles. The number of ether oxygens (including phenoxy) is 2. The molecule has 0 aliphatic carbocycles. The molecule has 0 atom stereocenters. The quantitative estimate of drug-likeness (QED) is 0.578. The van der Waals surface area contributed by atoms with Crippen LogP contribution in [0.3, 0.4) is 0 Å². The highest BCUT2D eigenvalue weighted by molar-refractivity contribution is 5.47. The fourth-order valence-electron chi connectivity index (χ4n) is 2.00. The van der Waals surface area contributed by atoms with Gasteiger partial charge < -0.3 is 9.47 Å². The van der Waals surface area contributed by atoms with E-state index in [-0.39, 0.29) is 0 Å². The van der Waals surface area contributed by atoms with Gasteiger partial charge in [-0.2, -0.15) is 13.2 Å². The first-order chi connectivity index (χ1) is 10.9. The van der Waals surface area contributed by atoms with Crippen LogP contribution in [0, 0.1) is 0 Å². The van der Waals surface area contributed by atoms with E-state index in [9.17, 15) is 13.2 Å². The van der Waals surface area contributed by atoms with Crippen molar-refractivity contribution in [3.05, 3.63) is 54.3 Å². The second kappa shape index (κ2) is 7.88. The minimum Gasteiger partial charge on any atom is -0.495 e. The van der Waals surface area contributed by atoms with E-state index in [1.54, 1.807) is 19.9 Å². The Balaban J connectivity index is 2.57. The molecular formula is C19H25F3O2. The summed E-state index contributed by atoms with van der Waals surface area (Å²) in [6.07, 6.45) is 0.994.